The van der Waals surface area contributed by atoms with E-state index in [0.717, 1.165) is 34.1 Å². The van der Waals surface area contributed by atoms with Gasteiger partial charge in [-0.3, -0.25) is 4.68 Å². The molecule has 1 unspecified atom stereocenters. The molecule has 2 aromatic heterocycles. The highest BCUT2D eigenvalue weighted by Crippen LogP contribution is 2.30. The van der Waals surface area contributed by atoms with Gasteiger partial charge in [0.15, 0.2) is 0 Å². The molecule has 1 atom stereocenters. The van der Waals surface area contributed by atoms with E-state index >= 15 is 0 Å². The normalized spacial score (nSPS) is 12.8. The fourth-order valence-electron chi connectivity index (χ4n) is 3.01. The molecular formula is C18H22ClN5. The van der Waals surface area contributed by atoms with Crippen LogP contribution in [0.2, 0.25) is 5.02 Å². The zero-order valence-corrected chi connectivity index (χ0v) is 15.2. The minimum absolute atomic E-state index is 0.156. The fourth-order valence-corrected chi connectivity index (χ4v) is 3.27. The van der Waals surface area contributed by atoms with Gasteiger partial charge in [-0.2, -0.15) is 5.10 Å². The molecule has 0 saturated heterocycles. The van der Waals surface area contributed by atoms with Crippen LogP contribution in [0.15, 0.2) is 43.0 Å². The summed E-state index contributed by atoms with van der Waals surface area (Å²) in [4.78, 5) is 6.53. The lowest BCUT2D eigenvalue weighted by Crippen LogP contribution is -2.25. The molecule has 0 fully saturated rings. The van der Waals surface area contributed by atoms with E-state index in [1.807, 2.05) is 55.6 Å². The fraction of sp³-hybridized carbons (Fsp3) is 0.333. The summed E-state index contributed by atoms with van der Waals surface area (Å²) in [6.45, 7) is 2.78. The zero-order valence-electron chi connectivity index (χ0n) is 14.4. The van der Waals surface area contributed by atoms with Crippen LogP contribution >= 0.6 is 11.6 Å². The summed E-state index contributed by atoms with van der Waals surface area (Å²) in [5.74, 6) is 0. The van der Waals surface area contributed by atoms with Crippen LogP contribution in [-0.2, 0) is 13.6 Å². The molecule has 0 radical (unpaired) electrons. The predicted molar refractivity (Wildman–Crippen MR) is 97.0 cm³/mol. The average molecular weight is 344 g/mol. The van der Waals surface area contributed by atoms with Gasteiger partial charge in [0.05, 0.1) is 30.0 Å². The largest absolute Gasteiger partial charge is 0.329 e. The second kappa shape index (κ2) is 6.79. The number of benzene rings is 1. The summed E-state index contributed by atoms with van der Waals surface area (Å²) < 4.78 is 4.00. The maximum Gasteiger partial charge on any atom is 0.0951 e. The number of aromatic nitrogens is 4. The van der Waals surface area contributed by atoms with E-state index in [1.54, 1.807) is 0 Å². The van der Waals surface area contributed by atoms with Crippen molar-refractivity contribution in [2.24, 2.45) is 7.05 Å². The van der Waals surface area contributed by atoms with Crippen LogP contribution in [0, 0.1) is 6.92 Å². The van der Waals surface area contributed by atoms with E-state index in [2.05, 4.69) is 39.7 Å². The molecule has 3 rings (SSSR count). The summed E-state index contributed by atoms with van der Waals surface area (Å²) in [7, 11) is 6.07. The Kier molecular flexibility index (Phi) is 4.73. The van der Waals surface area contributed by atoms with Crippen molar-refractivity contribution in [2.45, 2.75) is 19.5 Å². The zero-order chi connectivity index (χ0) is 17.3. The number of hydrogen-bond acceptors (Lipinski definition) is 3. The minimum atomic E-state index is 0.156. The van der Waals surface area contributed by atoms with Crippen LogP contribution in [-0.4, -0.2) is 38.3 Å². The predicted octanol–water partition coefficient (Wildman–Crippen LogP) is 3.55. The van der Waals surface area contributed by atoms with Gasteiger partial charge in [0.25, 0.3) is 0 Å². The van der Waals surface area contributed by atoms with Gasteiger partial charge < -0.3 is 9.47 Å². The average Bonchev–Trinajstić information content (AvgIpc) is 3.11. The van der Waals surface area contributed by atoms with Gasteiger partial charge in [-0.15, -0.1) is 0 Å². The Hall–Kier alpha value is -2.11. The van der Waals surface area contributed by atoms with E-state index in [-0.39, 0.29) is 6.04 Å². The molecule has 126 valence electrons. The van der Waals surface area contributed by atoms with Gasteiger partial charge in [0, 0.05) is 30.4 Å². The Morgan fingerprint density at radius 2 is 2.00 bits per heavy atom. The number of aryl methyl sites for hydroxylation is 2. The molecule has 24 heavy (non-hydrogen) atoms. The molecule has 0 aliphatic rings. The number of rotatable bonds is 5. The van der Waals surface area contributed by atoms with Crippen molar-refractivity contribution in [3.63, 3.8) is 0 Å². The van der Waals surface area contributed by atoms with Crippen LogP contribution in [0.25, 0.3) is 11.3 Å². The lowest BCUT2D eigenvalue weighted by atomic mass is 10.1. The van der Waals surface area contributed by atoms with E-state index in [1.165, 1.54) is 0 Å². The summed E-state index contributed by atoms with van der Waals surface area (Å²) >= 11 is 6.42. The van der Waals surface area contributed by atoms with Gasteiger partial charge in [-0.05, 0) is 32.6 Å². The molecule has 0 saturated carbocycles. The Bertz CT molecular complexity index is 834. The third kappa shape index (κ3) is 3.23. The van der Waals surface area contributed by atoms with Crippen molar-refractivity contribution >= 4 is 11.6 Å². The van der Waals surface area contributed by atoms with Gasteiger partial charge in [0.2, 0.25) is 0 Å². The van der Waals surface area contributed by atoms with Crippen LogP contribution in [0.4, 0.5) is 0 Å². The number of imidazole rings is 1. The summed E-state index contributed by atoms with van der Waals surface area (Å²) in [6.07, 6.45) is 5.79. The van der Waals surface area contributed by atoms with Gasteiger partial charge >= 0.3 is 0 Å². The summed E-state index contributed by atoms with van der Waals surface area (Å²) in [6, 6.07) is 8.16. The summed E-state index contributed by atoms with van der Waals surface area (Å²) in [5.41, 5.74) is 4.29. The molecule has 1 aromatic carbocycles. The summed E-state index contributed by atoms with van der Waals surface area (Å²) in [5, 5.41) is 5.23. The molecule has 0 amide bonds. The Morgan fingerprint density at radius 1 is 1.25 bits per heavy atom. The molecule has 0 N–H and O–H groups in total. The van der Waals surface area contributed by atoms with Crippen molar-refractivity contribution < 1.29 is 0 Å². The number of halogens is 1. The number of nitrogens with zero attached hydrogens (tertiary/aromatic N) is 5. The first-order valence-corrected chi connectivity index (χ1v) is 8.26. The van der Waals surface area contributed by atoms with Crippen LogP contribution < -0.4 is 0 Å². The van der Waals surface area contributed by atoms with E-state index in [9.17, 15) is 0 Å². The standard InChI is InChI=1S/C18H22ClN5/c1-13-15(10-23(4)21-13)17-9-20-12-24(17)11-18(22(2)3)14-7-5-6-8-16(14)19/h5-10,12,18H,11H2,1-4H3. The first-order valence-electron chi connectivity index (χ1n) is 7.89. The van der Waals surface area contributed by atoms with Crippen molar-refractivity contribution in [1.29, 1.82) is 0 Å². The molecular weight excluding hydrogens is 322 g/mol. The molecule has 0 aliphatic heterocycles. The second-order valence-electron chi connectivity index (χ2n) is 6.23. The topological polar surface area (TPSA) is 38.9 Å². The van der Waals surface area contributed by atoms with Crippen molar-refractivity contribution in [2.75, 3.05) is 14.1 Å². The molecule has 6 heteroatoms. The Balaban J connectivity index is 1.97. The van der Waals surface area contributed by atoms with Crippen molar-refractivity contribution in [1.82, 2.24) is 24.2 Å². The lowest BCUT2D eigenvalue weighted by Gasteiger charge is -2.26. The minimum Gasteiger partial charge on any atom is -0.329 e. The molecule has 0 aliphatic carbocycles. The van der Waals surface area contributed by atoms with Gasteiger partial charge in [-0.1, -0.05) is 29.8 Å². The van der Waals surface area contributed by atoms with Gasteiger partial charge in [-0.25, -0.2) is 4.98 Å². The highest BCUT2D eigenvalue weighted by Gasteiger charge is 2.20. The van der Waals surface area contributed by atoms with E-state index in [0.29, 0.717) is 0 Å². The highest BCUT2D eigenvalue weighted by atomic mass is 35.5. The SMILES string of the molecule is Cc1nn(C)cc1-c1cncn1CC(c1ccccc1Cl)N(C)C. The Labute approximate surface area is 147 Å². The molecule has 3 aromatic rings. The highest BCUT2D eigenvalue weighted by molar-refractivity contribution is 6.31. The molecule has 0 spiro atoms. The third-order valence-corrected chi connectivity index (χ3v) is 4.60. The monoisotopic (exact) mass is 343 g/mol. The quantitative estimate of drug-likeness (QED) is 0.711. The van der Waals surface area contributed by atoms with Crippen LogP contribution in [0.5, 0.6) is 0 Å². The first kappa shape index (κ1) is 16.7. The maximum atomic E-state index is 6.42. The van der Waals surface area contributed by atoms with Crippen LogP contribution in [0.1, 0.15) is 17.3 Å². The first-order chi connectivity index (χ1) is 11.5. The van der Waals surface area contributed by atoms with Crippen LogP contribution in [0.3, 0.4) is 0 Å². The Morgan fingerprint density at radius 3 is 2.62 bits per heavy atom. The number of likely N-dealkylation sites (N-methyl/N-ethyl adjacent to an activating group) is 1. The molecule has 0 bridgehead atoms. The number of hydrogen-bond donors (Lipinski definition) is 0. The molecule has 2 heterocycles. The maximum absolute atomic E-state index is 6.42. The van der Waals surface area contributed by atoms with Gasteiger partial charge in [0.1, 0.15) is 0 Å². The second-order valence-corrected chi connectivity index (χ2v) is 6.64. The van der Waals surface area contributed by atoms with Crippen molar-refractivity contribution in [3.05, 3.63) is 59.3 Å². The molecule has 5 nitrogen and oxygen atoms in total. The van der Waals surface area contributed by atoms with E-state index in [4.69, 9.17) is 11.6 Å². The smallest absolute Gasteiger partial charge is 0.0951 e. The van der Waals surface area contributed by atoms with E-state index < -0.39 is 0 Å². The third-order valence-electron chi connectivity index (χ3n) is 4.26. The van der Waals surface area contributed by atoms with Crippen molar-refractivity contribution in [3.8, 4) is 11.3 Å². The lowest BCUT2D eigenvalue weighted by molar-refractivity contribution is 0.269.